The van der Waals surface area contributed by atoms with Crippen molar-refractivity contribution >= 4 is 23.0 Å². The van der Waals surface area contributed by atoms with E-state index in [9.17, 15) is 9.59 Å². The second-order valence-electron chi connectivity index (χ2n) is 6.67. The van der Waals surface area contributed by atoms with E-state index >= 15 is 0 Å². The summed E-state index contributed by atoms with van der Waals surface area (Å²) in [5.41, 5.74) is 2.89. The van der Waals surface area contributed by atoms with E-state index in [1.54, 1.807) is 4.90 Å². The highest BCUT2D eigenvalue weighted by atomic mass is 16.2. The molecule has 1 aliphatic heterocycles. The van der Waals surface area contributed by atoms with Crippen LogP contribution in [0.1, 0.15) is 31.7 Å². The number of carbonyl (C=O) groups is 2. The Morgan fingerprint density at radius 1 is 1.15 bits per heavy atom. The first kappa shape index (κ1) is 18.2. The minimum atomic E-state index is -0.0321. The van der Waals surface area contributed by atoms with Crippen LogP contribution in [0.5, 0.6) is 0 Å². The van der Waals surface area contributed by atoms with Gasteiger partial charge >= 0.3 is 6.03 Å². The standard InChI is InChI=1S/C19H27N5O2/c1-3-7-20-19(26)24-10-8-23(9-11-24)18(25)13-14-5-6-15-16(12-14)22-17(4-2)21-15/h5-6,12H,3-4,7-11,13H2,1-2H3,(H,20,26)(H,21,22). The van der Waals surface area contributed by atoms with Crippen molar-refractivity contribution in [2.45, 2.75) is 33.1 Å². The summed E-state index contributed by atoms with van der Waals surface area (Å²) < 4.78 is 0. The number of carbonyl (C=O) groups excluding carboxylic acids is 2. The average molecular weight is 357 g/mol. The number of rotatable bonds is 5. The van der Waals surface area contributed by atoms with Crippen LogP contribution in [0.2, 0.25) is 0 Å². The summed E-state index contributed by atoms with van der Waals surface area (Å²) in [7, 11) is 0. The highest BCUT2D eigenvalue weighted by Crippen LogP contribution is 2.15. The molecule has 2 heterocycles. The van der Waals surface area contributed by atoms with E-state index < -0.39 is 0 Å². The molecule has 1 aromatic carbocycles. The molecule has 7 nitrogen and oxygen atoms in total. The number of urea groups is 1. The van der Waals surface area contributed by atoms with Gasteiger partial charge in [0, 0.05) is 39.1 Å². The Morgan fingerprint density at radius 2 is 1.88 bits per heavy atom. The summed E-state index contributed by atoms with van der Waals surface area (Å²) in [6.07, 6.45) is 2.15. The minimum Gasteiger partial charge on any atom is -0.342 e. The van der Waals surface area contributed by atoms with Gasteiger partial charge in [0.15, 0.2) is 0 Å². The third-order valence-corrected chi connectivity index (χ3v) is 4.73. The fourth-order valence-electron chi connectivity index (χ4n) is 3.18. The van der Waals surface area contributed by atoms with Crippen LogP contribution in [0.25, 0.3) is 11.0 Å². The normalized spacial score (nSPS) is 14.7. The van der Waals surface area contributed by atoms with Gasteiger partial charge in [0.1, 0.15) is 5.82 Å². The average Bonchev–Trinajstić information content (AvgIpc) is 3.08. The second kappa shape index (κ2) is 8.21. The van der Waals surface area contributed by atoms with E-state index in [2.05, 4.69) is 22.2 Å². The monoisotopic (exact) mass is 357 g/mol. The molecular formula is C19H27N5O2. The summed E-state index contributed by atoms with van der Waals surface area (Å²) >= 11 is 0. The number of aromatic nitrogens is 2. The number of fused-ring (bicyclic) bond motifs is 1. The Balaban J connectivity index is 1.55. The van der Waals surface area contributed by atoms with Gasteiger partial charge in [-0.3, -0.25) is 4.79 Å². The van der Waals surface area contributed by atoms with Crippen LogP contribution < -0.4 is 5.32 Å². The van der Waals surface area contributed by atoms with Gasteiger partial charge in [-0.25, -0.2) is 9.78 Å². The summed E-state index contributed by atoms with van der Waals surface area (Å²) in [5, 5.41) is 2.88. The Hall–Kier alpha value is -2.57. The van der Waals surface area contributed by atoms with Crippen LogP contribution in [0.3, 0.4) is 0 Å². The zero-order valence-corrected chi connectivity index (χ0v) is 15.5. The van der Waals surface area contributed by atoms with Crippen molar-refractivity contribution in [3.8, 4) is 0 Å². The fourth-order valence-corrected chi connectivity index (χ4v) is 3.18. The highest BCUT2D eigenvalue weighted by molar-refractivity contribution is 5.82. The molecule has 2 aromatic rings. The molecule has 3 rings (SSSR count). The Labute approximate surface area is 153 Å². The number of piperazine rings is 1. The maximum Gasteiger partial charge on any atom is 0.317 e. The molecule has 1 saturated heterocycles. The number of benzene rings is 1. The minimum absolute atomic E-state index is 0.0321. The van der Waals surface area contributed by atoms with E-state index in [4.69, 9.17) is 0 Å². The SMILES string of the molecule is CCCNC(=O)N1CCN(C(=O)Cc2ccc3nc(CC)[nH]c3c2)CC1. The number of hydrogen-bond donors (Lipinski definition) is 2. The van der Waals surface area contributed by atoms with Crippen molar-refractivity contribution in [3.63, 3.8) is 0 Å². The molecule has 0 unspecified atom stereocenters. The van der Waals surface area contributed by atoms with Gasteiger partial charge in [0.25, 0.3) is 0 Å². The highest BCUT2D eigenvalue weighted by Gasteiger charge is 2.23. The first-order valence-corrected chi connectivity index (χ1v) is 9.38. The van der Waals surface area contributed by atoms with E-state index in [-0.39, 0.29) is 11.9 Å². The zero-order valence-electron chi connectivity index (χ0n) is 15.5. The lowest BCUT2D eigenvalue weighted by Gasteiger charge is -2.34. The van der Waals surface area contributed by atoms with Crippen molar-refractivity contribution in [3.05, 3.63) is 29.6 Å². The van der Waals surface area contributed by atoms with Gasteiger partial charge in [0.2, 0.25) is 5.91 Å². The van der Waals surface area contributed by atoms with Crippen LogP contribution in [-0.4, -0.2) is 64.4 Å². The van der Waals surface area contributed by atoms with Crippen molar-refractivity contribution in [1.82, 2.24) is 25.1 Å². The fraction of sp³-hybridized carbons (Fsp3) is 0.526. The molecule has 3 amide bonds. The molecule has 0 bridgehead atoms. The van der Waals surface area contributed by atoms with Gasteiger partial charge < -0.3 is 20.1 Å². The first-order valence-electron chi connectivity index (χ1n) is 9.38. The Kier molecular flexibility index (Phi) is 5.75. The number of hydrogen-bond acceptors (Lipinski definition) is 3. The molecule has 1 aliphatic rings. The molecular weight excluding hydrogens is 330 g/mol. The van der Waals surface area contributed by atoms with Gasteiger partial charge in [-0.15, -0.1) is 0 Å². The summed E-state index contributed by atoms with van der Waals surface area (Å²) in [5.74, 6) is 1.06. The quantitative estimate of drug-likeness (QED) is 0.858. The lowest BCUT2D eigenvalue weighted by Crippen LogP contribution is -2.53. The molecule has 0 spiro atoms. The summed E-state index contributed by atoms with van der Waals surface area (Å²) in [6.45, 7) is 7.12. The summed E-state index contributed by atoms with van der Waals surface area (Å²) in [4.78, 5) is 36.0. The molecule has 140 valence electrons. The van der Waals surface area contributed by atoms with Crippen molar-refractivity contribution in [2.24, 2.45) is 0 Å². The largest absolute Gasteiger partial charge is 0.342 e. The molecule has 1 aromatic heterocycles. The van der Waals surface area contributed by atoms with Crippen LogP contribution in [-0.2, 0) is 17.6 Å². The number of aryl methyl sites for hydroxylation is 1. The third kappa shape index (κ3) is 4.15. The van der Waals surface area contributed by atoms with Gasteiger partial charge in [-0.05, 0) is 24.1 Å². The van der Waals surface area contributed by atoms with Crippen LogP contribution in [0.4, 0.5) is 4.79 Å². The van der Waals surface area contributed by atoms with E-state index in [1.165, 1.54) is 0 Å². The predicted molar refractivity (Wildman–Crippen MR) is 101 cm³/mol. The number of nitrogens with zero attached hydrogens (tertiary/aromatic N) is 3. The second-order valence-corrected chi connectivity index (χ2v) is 6.67. The number of H-pyrrole nitrogens is 1. The van der Waals surface area contributed by atoms with Gasteiger partial charge in [-0.2, -0.15) is 0 Å². The number of aromatic amines is 1. The molecule has 7 heteroatoms. The van der Waals surface area contributed by atoms with Crippen LogP contribution >= 0.6 is 0 Å². The van der Waals surface area contributed by atoms with E-state index in [0.717, 1.165) is 35.3 Å². The lowest BCUT2D eigenvalue weighted by atomic mass is 10.1. The smallest absolute Gasteiger partial charge is 0.317 e. The predicted octanol–water partition coefficient (Wildman–Crippen LogP) is 1.93. The number of imidazole rings is 1. The van der Waals surface area contributed by atoms with E-state index in [1.807, 2.05) is 30.0 Å². The molecule has 0 aliphatic carbocycles. The zero-order chi connectivity index (χ0) is 18.5. The molecule has 1 fully saturated rings. The first-order chi connectivity index (χ1) is 12.6. The van der Waals surface area contributed by atoms with Crippen LogP contribution in [0.15, 0.2) is 18.2 Å². The van der Waals surface area contributed by atoms with Crippen LogP contribution in [0, 0.1) is 0 Å². The maximum atomic E-state index is 12.6. The molecule has 0 saturated carbocycles. The number of amides is 3. The molecule has 26 heavy (non-hydrogen) atoms. The molecule has 0 atom stereocenters. The Bertz CT molecular complexity index is 777. The number of nitrogens with one attached hydrogen (secondary N) is 2. The third-order valence-electron chi connectivity index (χ3n) is 4.73. The maximum absolute atomic E-state index is 12.6. The lowest BCUT2D eigenvalue weighted by molar-refractivity contribution is -0.131. The van der Waals surface area contributed by atoms with Gasteiger partial charge in [0.05, 0.1) is 17.5 Å². The van der Waals surface area contributed by atoms with Crippen molar-refractivity contribution < 1.29 is 9.59 Å². The van der Waals surface area contributed by atoms with E-state index in [0.29, 0.717) is 39.1 Å². The Morgan fingerprint density at radius 3 is 2.58 bits per heavy atom. The molecule has 0 radical (unpaired) electrons. The van der Waals surface area contributed by atoms with Gasteiger partial charge in [-0.1, -0.05) is 19.9 Å². The topological polar surface area (TPSA) is 81.3 Å². The summed E-state index contributed by atoms with van der Waals surface area (Å²) in [6, 6.07) is 5.90. The molecule has 2 N–H and O–H groups in total. The van der Waals surface area contributed by atoms with Crippen molar-refractivity contribution in [2.75, 3.05) is 32.7 Å². The van der Waals surface area contributed by atoms with Crippen molar-refractivity contribution in [1.29, 1.82) is 0 Å².